The average Bonchev–Trinajstić information content (AvgIpc) is 2.61. The Hall–Kier alpha value is -0.560. The summed E-state index contributed by atoms with van der Waals surface area (Å²) in [6, 6.07) is 6.73. The van der Waals surface area contributed by atoms with Crippen LogP contribution in [0.4, 0.5) is 0 Å². The van der Waals surface area contributed by atoms with E-state index in [2.05, 4.69) is 42.8 Å². The molecule has 0 atom stereocenters. The Kier molecular flexibility index (Phi) is 17.8. The van der Waals surface area contributed by atoms with E-state index in [1.807, 2.05) is 0 Å². The van der Waals surface area contributed by atoms with Crippen LogP contribution in [0.2, 0.25) is 0 Å². The molecule has 0 unspecified atom stereocenters. The third-order valence-corrected chi connectivity index (χ3v) is 5.07. The molecule has 0 radical (unpaired) electrons. The Morgan fingerprint density at radius 1 is 0.640 bits per heavy atom. The fourth-order valence-electron chi connectivity index (χ4n) is 3.46. The molecule has 0 N–H and O–H groups in total. The Morgan fingerprint density at radius 3 is 1.76 bits per heavy atom. The number of halogens is 1. The van der Waals surface area contributed by atoms with E-state index in [0.29, 0.717) is 0 Å². The number of rotatable bonds is 16. The zero-order chi connectivity index (χ0) is 17.3. The molecule has 0 fully saturated rings. The van der Waals surface area contributed by atoms with Crippen molar-refractivity contribution in [3.05, 3.63) is 30.1 Å². The number of unbranched alkanes of at least 4 members (excludes halogenated alkanes) is 12. The molecule has 0 aliphatic carbocycles. The molecule has 1 rings (SSSR count). The molecule has 0 aliphatic rings. The van der Waals surface area contributed by atoms with Crippen LogP contribution in [0.25, 0.3) is 0 Å². The summed E-state index contributed by atoms with van der Waals surface area (Å²) in [4.78, 5) is 0. The van der Waals surface area contributed by atoms with Crippen molar-refractivity contribution in [2.45, 2.75) is 117 Å². The van der Waals surface area contributed by atoms with Crippen LogP contribution in [-0.4, -0.2) is 0 Å². The molecule has 1 heterocycles. The van der Waals surface area contributed by atoms with E-state index in [1.54, 1.807) is 0 Å². The van der Waals surface area contributed by atoms with Gasteiger partial charge in [0.15, 0.2) is 11.9 Å². The van der Waals surface area contributed by atoms with Crippen LogP contribution in [0, 0.1) is 0 Å². The van der Waals surface area contributed by atoms with Crippen molar-refractivity contribution >= 4 is 0 Å². The van der Waals surface area contributed by atoms with Crippen molar-refractivity contribution in [1.29, 1.82) is 0 Å². The van der Waals surface area contributed by atoms with Gasteiger partial charge in [0.2, 0.25) is 0 Å². The first-order chi connectivity index (χ1) is 11.9. The normalized spacial score (nSPS) is 10.6. The third-order valence-electron chi connectivity index (χ3n) is 5.07. The molecule has 0 bridgehead atoms. The van der Waals surface area contributed by atoms with Gasteiger partial charge in [0, 0.05) is 25.0 Å². The van der Waals surface area contributed by atoms with Gasteiger partial charge in [-0.3, -0.25) is 0 Å². The lowest BCUT2D eigenvalue weighted by Crippen LogP contribution is -3.00. The second kappa shape index (κ2) is 18.2. The first-order valence-electron chi connectivity index (χ1n) is 10.9. The van der Waals surface area contributed by atoms with Gasteiger partial charge in [-0.15, -0.1) is 0 Å². The summed E-state index contributed by atoms with van der Waals surface area (Å²) in [5, 5.41) is 0. The minimum absolute atomic E-state index is 0. The summed E-state index contributed by atoms with van der Waals surface area (Å²) in [6.45, 7) is 5.79. The van der Waals surface area contributed by atoms with Gasteiger partial charge < -0.3 is 12.4 Å². The Labute approximate surface area is 164 Å². The summed E-state index contributed by atoms with van der Waals surface area (Å²) in [5.41, 5.74) is 1.54. The zero-order valence-electron chi connectivity index (χ0n) is 16.9. The SMILES string of the molecule is CCCCCCCCCC[n+]1ccccc1CCCCCCCC.[Cl-]. The van der Waals surface area contributed by atoms with E-state index < -0.39 is 0 Å². The molecule has 1 aromatic heterocycles. The van der Waals surface area contributed by atoms with Crippen LogP contribution in [0.15, 0.2) is 24.4 Å². The molecule has 146 valence electrons. The zero-order valence-corrected chi connectivity index (χ0v) is 17.7. The maximum absolute atomic E-state index is 2.50. The summed E-state index contributed by atoms with van der Waals surface area (Å²) in [7, 11) is 0. The average molecular weight is 368 g/mol. The second-order valence-corrected chi connectivity index (χ2v) is 7.38. The fraction of sp³-hybridized carbons (Fsp3) is 0.783. The van der Waals surface area contributed by atoms with Crippen LogP contribution < -0.4 is 17.0 Å². The number of pyridine rings is 1. The predicted octanol–water partition coefficient (Wildman–Crippen LogP) is 4.02. The first kappa shape index (κ1) is 24.4. The van der Waals surface area contributed by atoms with E-state index in [9.17, 15) is 0 Å². The highest BCUT2D eigenvalue weighted by molar-refractivity contribution is 4.97. The molecule has 25 heavy (non-hydrogen) atoms. The molecule has 0 amide bonds. The molecular formula is C23H42ClN. The highest BCUT2D eigenvalue weighted by Crippen LogP contribution is 2.10. The Morgan fingerprint density at radius 2 is 1.16 bits per heavy atom. The van der Waals surface area contributed by atoms with E-state index in [1.165, 1.54) is 109 Å². The van der Waals surface area contributed by atoms with E-state index in [-0.39, 0.29) is 12.4 Å². The molecule has 1 aromatic rings. The smallest absolute Gasteiger partial charge is 0.181 e. The molecule has 1 nitrogen and oxygen atoms in total. The molecule has 2 heteroatoms. The van der Waals surface area contributed by atoms with Gasteiger partial charge in [-0.25, -0.2) is 4.57 Å². The summed E-state index contributed by atoms with van der Waals surface area (Å²) >= 11 is 0. The second-order valence-electron chi connectivity index (χ2n) is 7.38. The van der Waals surface area contributed by atoms with Crippen LogP contribution in [0.3, 0.4) is 0 Å². The van der Waals surface area contributed by atoms with Crippen molar-refractivity contribution in [3.63, 3.8) is 0 Å². The number of aryl methyl sites for hydroxylation is 2. The van der Waals surface area contributed by atoms with Gasteiger partial charge in [-0.1, -0.05) is 90.5 Å². The summed E-state index contributed by atoms with van der Waals surface area (Å²) in [5.74, 6) is 0. The van der Waals surface area contributed by atoms with Crippen LogP contribution in [0.5, 0.6) is 0 Å². The molecule has 0 aliphatic heterocycles. The lowest BCUT2D eigenvalue weighted by Gasteiger charge is -2.05. The van der Waals surface area contributed by atoms with E-state index in [0.717, 1.165) is 0 Å². The molecule has 0 saturated carbocycles. The summed E-state index contributed by atoms with van der Waals surface area (Å²) in [6.07, 6.45) is 23.1. The van der Waals surface area contributed by atoms with Crippen molar-refractivity contribution in [3.8, 4) is 0 Å². The number of aromatic nitrogens is 1. The molecule has 0 saturated heterocycles. The van der Waals surface area contributed by atoms with E-state index >= 15 is 0 Å². The quantitative estimate of drug-likeness (QED) is 0.307. The lowest BCUT2D eigenvalue weighted by molar-refractivity contribution is -0.704. The minimum atomic E-state index is 0. The number of nitrogens with zero attached hydrogens (tertiary/aromatic N) is 1. The van der Waals surface area contributed by atoms with Gasteiger partial charge in [-0.2, -0.15) is 0 Å². The molecular weight excluding hydrogens is 326 g/mol. The molecule has 0 spiro atoms. The van der Waals surface area contributed by atoms with Crippen molar-refractivity contribution in [2.75, 3.05) is 0 Å². The van der Waals surface area contributed by atoms with Crippen molar-refractivity contribution in [2.24, 2.45) is 0 Å². The van der Waals surface area contributed by atoms with Gasteiger partial charge in [0.05, 0.1) is 0 Å². The van der Waals surface area contributed by atoms with Crippen molar-refractivity contribution < 1.29 is 17.0 Å². The monoisotopic (exact) mass is 367 g/mol. The van der Waals surface area contributed by atoms with Gasteiger partial charge in [0.25, 0.3) is 0 Å². The van der Waals surface area contributed by atoms with Crippen molar-refractivity contribution in [1.82, 2.24) is 0 Å². The first-order valence-corrected chi connectivity index (χ1v) is 10.9. The van der Waals surface area contributed by atoms with Gasteiger partial charge in [-0.05, 0) is 12.8 Å². The fourth-order valence-corrected chi connectivity index (χ4v) is 3.46. The maximum Gasteiger partial charge on any atom is 0.181 e. The van der Waals surface area contributed by atoms with Gasteiger partial charge >= 0.3 is 0 Å². The third kappa shape index (κ3) is 13.3. The highest BCUT2D eigenvalue weighted by atomic mass is 35.5. The number of hydrogen-bond acceptors (Lipinski definition) is 0. The van der Waals surface area contributed by atoms with Crippen LogP contribution >= 0.6 is 0 Å². The van der Waals surface area contributed by atoms with Crippen LogP contribution in [-0.2, 0) is 13.0 Å². The topological polar surface area (TPSA) is 3.88 Å². The largest absolute Gasteiger partial charge is 1.00 e. The Balaban J connectivity index is 0.00000576. The predicted molar refractivity (Wildman–Crippen MR) is 106 cm³/mol. The lowest BCUT2D eigenvalue weighted by atomic mass is 10.1. The maximum atomic E-state index is 2.50. The Bertz CT molecular complexity index is 391. The van der Waals surface area contributed by atoms with Gasteiger partial charge in [0.1, 0.15) is 6.54 Å². The van der Waals surface area contributed by atoms with Crippen LogP contribution in [0.1, 0.15) is 109 Å². The summed E-state index contributed by atoms with van der Waals surface area (Å²) < 4.78 is 2.50. The highest BCUT2D eigenvalue weighted by Gasteiger charge is 2.08. The van der Waals surface area contributed by atoms with E-state index in [4.69, 9.17) is 0 Å². The standard InChI is InChI=1S/C23H42N.ClH/c1-3-5-7-9-11-12-14-17-21-24-22-18-16-20-23(24)19-15-13-10-8-6-4-2;/h16,18,20,22H,3-15,17,19,21H2,1-2H3;1H/q+1;/p-1. The molecule has 0 aromatic carbocycles. The number of hydrogen-bond donors (Lipinski definition) is 0. The minimum Gasteiger partial charge on any atom is -1.00 e.